The van der Waals surface area contributed by atoms with E-state index in [0.717, 1.165) is 6.42 Å². The lowest BCUT2D eigenvalue weighted by atomic mass is 10.1. The van der Waals surface area contributed by atoms with Crippen LogP contribution in [0.4, 0.5) is 0 Å². The van der Waals surface area contributed by atoms with E-state index in [0.29, 0.717) is 6.23 Å². The van der Waals surface area contributed by atoms with Crippen LogP contribution < -0.4 is 5.73 Å². The standard InChI is InChI=1S/C12H18NO2Si/c1-8-3-4-10-9(5-8)6-11(12(10)13)15-7-16(2)14/h3-5,11-12,14H,6-7,13H2,1-2H3/t11-,12?/m1/s1. The molecule has 1 aliphatic rings. The van der Waals surface area contributed by atoms with E-state index in [4.69, 9.17) is 10.5 Å². The first-order valence-electron chi connectivity index (χ1n) is 5.56. The minimum absolute atomic E-state index is 0.0314. The lowest BCUT2D eigenvalue weighted by molar-refractivity contribution is 0.0687. The first kappa shape index (κ1) is 11.8. The molecule has 1 unspecified atom stereocenters. The van der Waals surface area contributed by atoms with Gasteiger partial charge in [-0.1, -0.05) is 23.8 Å². The highest BCUT2D eigenvalue weighted by atomic mass is 28.3. The molecule has 0 aromatic heterocycles. The van der Waals surface area contributed by atoms with Crippen LogP contribution in [0.2, 0.25) is 6.55 Å². The Kier molecular flexibility index (Phi) is 3.44. The number of fused-ring (bicyclic) bond motifs is 1. The van der Waals surface area contributed by atoms with Crippen molar-refractivity contribution in [1.82, 2.24) is 0 Å². The molecule has 3 N–H and O–H groups in total. The van der Waals surface area contributed by atoms with Crippen LogP contribution in [0.3, 0.4) is 0 Å². The van der Waals surface area contributed by atoms with Gasteiger partial charge in [0.1, 0.15) is 0 Å². The monoisotopic (exact) mass is 236 g/mol. The van der Waals surface area contributed by atoms with Gasteiger partial charge in [-0.15, -0.1) is 0 Å². The van der Waals surface area contributed by atoms with Crippen LogP contribution in [0, 0.1) is 6.92 Å². The maximum absolute atomic E-state index is 9.30. The Balaban J connectivity index is 2.08. The maximum atomic E-state index is 9.30. The summed E-state index contributed by atoms with van der Waals surface area (Å²) in [4.78, 5) is 9.30. The first-order valence-corrected chi connectivity index (χ1v) is 7.71. The molecule has 2 rings (SSSR count). The summed E-state index contributed by atoms with van der Waals surface area (Å²) in [6, 6.07) is 6.31. The maximum Gasteiger partial charge on any atom is 0.230 e. The molecule has 0 spiro atoms. The largest absolute Gasteiger partial charge is 0.429 e. The van der Waals surface area contributed by atoms with Crippen molar-refractivity contribution in [2.75, 3.05) is 6.23 Å². The highest BCUT2D eigenvalue weighted by Crippen LogP contribution is 2.32. The number of nitrogens with two attached hydrogens (primary N) is 1. The molecule has 1 radical (unpaired) electrons. The van der Waals surface area contributed by atoms with Crippen LogP contribution in [-0.2, 0) is 11.2 Å². The van der Waals surface area contributed by atoms with Crippen molar-refractivity contribution >= 4 is 9.04 Å². The minimum Gasteiger partial charge on any atom is -0.429 e. The summed E-state index contributed by atoms with van der Waals surface area (Å²) in [6.45, 7) is 3.91. The van der Waals surface area contributed by atoms with Crippen molar-refractivity contribution in [3.8, 4) is 0 Å². The summed E-state index contributed by atoms with van der Waals surface area (Å²) in [6.07, 6.45) is 1.35. The second-order valence-corrected chi connectivity index (χ2v) is 6.28. The third kappa shape index (κ3) is 2.35. The van der Waals surface area contributed by atoms with Crippen molar-refractivity contribution in [1.29, 1.82) is 0 Å². The van der Waals surface area contributed by atoms with Gasteiger partial charge in [0.15, 0.2) is 0 Å². The van der Waals surface area contributed by atoms with Crippen molar-refractivity contribution in [2.45, 2.75) is 32.0 Å². The fraction of sp³-hybridized carbons (Fsp3) is 0.500. The van der Waals surface area contributed by atoms with Crippen LogP contribution in [-0.4, -0.2) is 26.2 Å². The molecule has 0 heterocycles. The van der Waals surface area contributed by atoms with Gasteiger partial charge in [0.05, 0.1) is 18.4 Å². The normalized spacial score (nSPS) is 23.8. The Labute approximate surface area is 98.0 Å². The molecule has 1 aromatic rings. The zero-order chi connectivity index (χ0) is 11.7. The predicted octanol–water partition coefficient (Wildman–Crippen LogP) is 1.09. The van der Waals surface area contributed by atoms with Gasteiger partial charge in [0.2, 0.25) is 9.04 Å². The van der Waals surface area contributed by atoms with E-state index >= 15 is 0 Å². The molecule has 16 heavy (non-hydrogen) atoms. The highest BCUT2D eigenvalue weighted by molar-refractivity contribution is 6.48. The number of rotatable bonds is 3. The van der Waals surface area contributed by atoms with Crippen molar-refractivity contribution in [3.63, 3.8) is 0 Å². The van der Waals surface area contributed by atoms with E-state index in [2.05, 4.69) is 25.1 Å². The second kappa shape index (κ2) is 4.67. The van der Waals surface area contributed by atoms with E-state index in [1.807, 2.05) is 6.55 Å². The van der Waals surface area contributed by atoms with Crippen LogP contribution in [0.25, 0.3) is 0 Å². The molecule has 1 aliphatic carbocycles. The third-order valence-corrected chi connectivity index (χ3v) is 3.57. The average molecular weight is 236 g/mol. The Morgan fingerprint density at radius 2 is 2.31 bits per heavy atom. The van der Waals surface area contributed by atoms with Crippen LogP contribution in [0.1, 0.15) is 22.7 Å². The Bertz CT molecular complexity index is 381. The van der Waals surface area contributed by atoms with Crippen molar-refractivity contribution in [2.24, 2.45) is 5.73 Å². The molecular formula is C12H18NO2Si. The van der Waals surface area contributed by atoms with Gasteiger partial charge < -0.3 is 15.3 Å². The Hall–Kier alpha value is -0.683. The molecular weight excluding hydrogens is 218 g/mol. The number of aryl methyl sites for hydroxylation is 1. The smallest absolute Gasteiger partial charge is 0.230 e. The molecule has 0 saturated carbocycles. The molecule has 0 bridgehead atoms. The van der Waals surface area contributed by atoms with Crippen LogP contribution >= 0.6 is 0 Å². The quantitative estimate of drug-likeness (QED) is 0.772. The summed E-state index contributed by atoms with van der Waals surface area (Å²) in [7, 11) is -1.32. The molecule has 3 nitrogen and oxygen atoms in total. The van der Waals surface area contributed by atoms with E-state index in [1.54, 1.807) is 0 Å². The van der Waals surface area contributed by atoms with E-state index in [9.17, 15) is 4.80 Å². The van der Waals surface area contributed by atoms with E-state index in [1.165, 1.54) is 16.7 Å². The first-order chi connectivity index (χ1) is 7.58. The highest BCUT2D eigenvalue weighted by Gasteiger charge is 2.30. The van der Waals surface area contributed by atoms with Gasteiger partial charge >= 0.3 is 0 Å². The Morgan fingerprint density at radius 3 is 3.00 bits per heavy atom. The summed E-state index contributed by atoms with van der Waals surface area (Å²) < 4.78 is 5.67. The number of benzene rings is 1. The van der Waals surface area contributed by atoms with Gasteiger partial charge in [0, 0.05) is 6.42 Å². The minimum atomic E-state index is -1.32. The molecule has 0 aliphatic heterocycles. The Morgan fingerprint density at radius 1 is 1.56 bits per heavy atom. The SMILES string of the molecule is Cc1ccc2c(c1)C[C@@H](OC[Si](C)O)C2N. The zero-order valence-electron chi connectivity index (χ0n) is 9.73. The second-order valence-electron chi connectivity index (χ2n) is 4.52. The molecule has 87 valence electrons. The molecule has 2 atom stereocenters. The van der Waals surface area contributed by atoms with Gasteiger partial charge in [-0.3, -0.25) is 0 Å². The van der Waals surface area contributed by atoms with Gasteiger partial charge in [-0.2, -0.15) is 0 Å². The number of hydrogen-bond donors (Lipinski definition) is 2. The molecule has 0 fully saturated rings. The summed E-state index contributed by atoms with van der Waals surface area (Å²) in [5.74, 6) is 0. The third-order valence-electron chi connectivity index (χ3n) is 2.99. The summed E-state index contributed by atoms with van der Waals surface area (Å²) in [5.41, 5.74) is 9.87. The van der Waals surface area contributed by atoms with Gasteiger partial charge in [-0.05, 0) is 24.6 Å². The topological polar surface area (TPSA) is 55.5 Å². The van der Waals surface area contributed by atoms with Crippen LogP contribution in [0.5, 0.6) is 0 Å². The predicted molar refractivity (Wildman–Crippen MR) is 65.4 cm³/mol. The average Bonchev–Trinajstić information content (AvgIpc) is 2.52. The van der Waals surface area contributed by atoms with Gasteiger partial charge in [-0.25, -0.2) is 0 Å². The van der Waals surface area contributed by atoms with Crippen molar-refractivity contribution < 1.29 is 9.53 Å². The molecule has 0 amide bonds. The summed E-state index contributed by atoms with van der Waals surface area (Å²) >= 11 is 0. The molecule has 1 aromatic carbocycles. The lowest BCUT2D eigenvalue weighted by Crippen LogP contribution is -2.29. The fourth-order valence-corrected chi connectivity index (χ4v) is 2.63. The molecule has 4 heteroatoms. The molecule has 0 saturated heterocycles. The van der Waals surface area contributed by atoms with E-state index < -0.39 is 9.04 Å². The van der Waals surface area contributed by atoms with Gasteiger partial charge in [0.25, 0.3) is 0 Å². The number of ether oxygens (including phenoxy) is 1. The zero-order valence-corrected chi connectivity index (χ0v) is 10.7. The number of hydrogen-bond acceptors (Lipinski definition) is 3. The lowest BCUT2D eigenvalue weighted by Gasteiger charge is -2.17. The van der Waals surface area contributed by atoms with E-state index in [-0.39, 0.29) is 12.1 Å². The van der Waals surface area contributed by atoms with Crippen molar-refractivity contribution in [3.05, 3.63) is 34.9 Å². The summed E-state index contributed by atoms with van der Waals surface area (Å²) in [5, 5.41) is 0. The van der Waals surface area contributed by atoms with Crippen LogP contribution in [0.15, 0.2) is 18.2 Å². The fourth-order valence-electron chi connectivity index (χ4n) is 2.17.